The highest BCUT2D eigenvalue weighted by Crippen LogP contribution is 2.12. The standard InChI is InChI=1S/C20H24N6O3/c1-13(17(27)16-18(21)24(2)20(29)25(3)19(16)28)22-11-14-7-4-5-8-15(14)12-26-10-6-9-23-26/h4-10,13,22H,11-12,21H2,1-3H3. The molecular formula is C20H24N6O3. The summed E-state index contributed by atoms with van der Waals surface area (Å²) in [6.07, 6.45) is 3.61. The van der Waals surface area contributed by atoms with Crippen molar-refractivity contribution in [2.45, 2.75) is 26.1 Å². The van der Waals surface area contributed by atoms with Gasteiger partial charge >= 0.3 is 5.69 Å². The van der Waals surface area contributed by atoms with Crippen LogP contribution in [0.3, 0.4) is 0 Å². The van der Waals surface area contributed by atoms with Gasteiger partial charge in [0.2, 0.25) is 0 Å². The Labute approximate surface area is 167 Å². The number of hydrogen-bond donors (Lipinski definition) is 2. The Balaban J connectivity index is 1.79. The second-order valence-electron chi connectivity index (χ2n) is 6.91. The first kappa shape index (κ1) is 20.3. The number of benzene rings is 1. The smallest absolute Gasteiger partial charge is 0.332 e. The van der Waals surface area contributed by atoms with E-state index in [0.29, 0.717) is 13.1 Å². The van der Waals surface area contributed by atoms with Crippen molar-refractivity contribution in [2.75, 3.05) is 5.73 Å². The molecule has 0 aliphatic carbocycles. The SMILES string of the molecule is CC(NCc1ccccc1Cn1cccn1)C(=O)c1c(N)n(C)c(=O)n(C)c1=O. The zero-order chi connectivity index (χ0) is 21.1. The summed E-state index contributed by atoms with van der Waals surface area (Å²) in [6.45, 7) is 2.71. The number of nitrogens with zero attached hydrogens (tertiary/aromatic N) is 4. The Hall–Kier alpha value is -3.46. The molecule has 3 aromatic rings. The molecule has 0 amide bonds. The highest BCUT2D eigenvalue weighted by Gasteiger charge is 2.24. The van der Waals surface area contributed by atoms with Crippen molar-refractivity contribution in [3.63, 3.8) is 0 Å². The lowest BCUT2D eigenvalue weighted by Gasteiger charge is -2.17. The number of nitrogens with two attached hydrogens (primary N) is 1. The molecule has 2 heterocycles. The van der Waals surface area contributed by atoms with Gasteiger partial charge in [0.05, 0.1) is 12.6 Å². The molecule has 0 fully saturated rings. The summed E-state index contributed by atoms with van der Waals surface area (Å²) >= 11 is 0. The Kier molecular flexibility index (Phi) is 5.79. The minimum absolute atomic E-state index is 0.129. The molecule has 9 nitrogen and oxygen atoms in total. The molecule has 29 heavy (non-hydrogen) atoms. The number of rotatable bonds is 7. The normalized spacial score (nSPS) is 12.1. The molecule has 152 valence electrons. The van der Waals surface area contributed by atoms with Crippen molar-refractivity contribution in [1.82, 2.24) is 24.2 Å². The van der Waals surface area contributed by atoms with Gasteiger partial charge in [-0.2, -0.15) is 5.10 Å². The average molecular weight is 396 g/mol. The fourth-order valence-electron chi connectivity index (χ4n) is 3.12. The van der Waals surface area contributed by atoms with E-state index < -0.39 is 23.1 Å². The van der Waals surface area contributed by atoms with Crippen molar-refractivity contribution in [3.8, 4) is 0 Å². The Morgan fingerprint density at radius 1 is 1.14 bits per heavy atom. The zero-order valence-electron chi connectivity index (χ0n) is 16.6. The van der Waals surface area contributed by atoms with Crippen LogP contribution < -0.4 is 22.3 Å². The van der Waals surface area contributed by atoms with Crippen molar-refractivity contribution >= 4 is 11.6 Å². The van der Waals surface area contributed by atoms with Crippen LogP contribution in [0.15, 0.2) is 52.3 Å². The second kappa shape index (κ2) is 8.27. The first-order valence-corrected chi connectivity index (χ1v) is 9.18. The molecule has 2 aromatic heterocycles. The minimum atomic E-state index is -0.691. The average Bonchev–Trinajstić information content (AvgIpc) is 3.23. The van der Waals surface area contributed by atoms with E-state index in [1.165, 1.54) is 14.1 Å². The summed E-state index contributed by atoms with van der Waals surface area (Å²) in [7, 11) is 2.75. The van der Waals surface area contributed by atoms with Gasteiger partial charge < -0.3 is 11.1 Å². The van der Waals surface area contributed by atoms with Gasteiger partial charge in [0.1, 0.15) is 11.4 Å². The number of Topliss-reactive ketones (excluding diaryl/α,β-unsaturated/α-hetero) is 1. The molecule has 0 aliphatic heterocycles. The van der Waals surface area contributed by atoms with Crippen molar-refractivity contribution in [1.29, 1.82) is 0 Å². The maximum atomic E-state index is 12.9. The molecule has 1 unspecified atom stereocenters. The first-order chi connectivity index (χ1) is 13.8. The fourth-order valence-corrected chi connectivity index (χ4v) is 3.12. The maximum absolute atomic E-state index is 12.9. The zero-order valence-corrected chi connectivity index (χ0v) is 16.6. The third kappa shape index (κ3) is 4.04. The quantitative estimate of drug-likeness (QED) is 0.554. The van der Waals surface area contributed by atoms with E-state index in [2.05, 4.69) is 10.4 Å². The summed E-state index contributed by atoms with van der Waals surface area (Å²) < 4.78 is 3.80. The minimum Gasteiger partial charge on any atom is -0.384 e. The third-order valence-corrected chi connectivity index (χ3v) is 4.96. The second-order valence-corrected chi connectivity index (χ2v) is 6.91. The van der Waals surface area contributed by atoms with Crippen molar-refractivity contribution in [3.05, 3.63) is 80.3 Å². The van der Waals surface area contributed by atoms with E-state index in [1.54, 1.807) is 13.1 Å². The fraction of sp³-hybridized carbons (Fsp3) is 0.300. The number of carbonyl (C=O) groups excluding carboxylic acids is 1. The van der Waals surface area contributed by atoms with Crippen LogP contribution in [0.1, 0.15) is 28.4 Å². The molecule has 3 N–H and O–H groups in total. The van der Waals surface area contributed by atoms with Crippen LogP contribution in [-0.4, -0.2) is 30.7 Å². The number of hydrogen-bond acceptors (Lipinski definition) is 6. The van der Waals surface area contributed by atoms with Crippen LogP contribution >= 0.6 is 0 Å². The van der Waals surface area contributed by atoms with Crippen molar-refractivity contribution in [2.24, 2.45) is 14.1 Å². The summed E-state index contributed by atoms with van der Waals surface area (Å²) in [5.41, 5.74) is 6.53. The molecule has 9 heteroatoms. The number of ketones is 1. The first-order valence-electron chi connectivity index (χ1n) is 9.18. The molecule has 0 aliphatic rings. The summed E-state index contributed by atoms with van der Waals surface area (Å²) in [5.74, 6) is -0.584. The molecule has 1 atom stereocenters. The molecule has 0 radical (unpaired) electrons. The van der Waals surface area contributed by atoms with Crippen LogP contribution in [0.2, 0.25) is 0 Å². The van der Waals surface area contributed by atoms with Gasteiger partial charge in [0.15, 0.2) is 5.78 Å². The van der Waals surface area contributed by atoms with Gasteiger partial charge in [-0.15, -0.1) is 0 Å². The van der Waals surface area contributed by atoms with Crippen LogP contribution in [0.4, 0.5) is 5.82 Å². The summed E-state index contributed by atoms with van der Waals surface area (Å²) in [5, 5.41) is 7.38. The summed E-state index contributed by atoms with van der Waals surface area (Å²) in [6, 6.07) is 9.05. The van der Waals surface area contributed by atoms with Crippen LogP contribution in [0.5, 0.6) is 0 Å². The maximum Gasteiger partial charge on any atom is 0.332 e. The van der Waals surface area contributed by atoms with E-state index in [1.807, 2.05) is 41.2 Å². The molecular weight excluding hydrogens is 372 g/mol. The molecule has 0 saturated heterocycles. The monoisotopic (exact) mass is 396 g/mol. The highest BCUT2D eigenvalue weighted by atomic mass is 16.2. The van der Waals surface area contributed by atoms with Gasteiger partial charge in [-0.1, -0.05) is 24.3 Å². The Morgan fingerprint density at radius 3 is 2.48 bits per heavy atom. The van der Waals surface area contributed by atoms with E-state index in [-0.39, 0.29) is 11.4 Å². The number of aromatic nitrogens is 4. The van der Waals surface area contributed by atoms with Gasteiger partial charge in [-0.25, -0.2) is 4.79 Å². The number of carbonyl (C=O) groups is 1. The van der Waals surface area contributed by atoms with Gasteiger partial charge in [0, 0.05) is 33.0 Å². The van der Waals surface area contributed by atoms with E-state index in [0.717, 1.165) is 20.3 Å². The van der Waals surface area contributed by atoms with Gasteiger partial charge in [-0.05, 0) is 24.1 Å². The Morgan fingerprint density at radius 2 is 1.83 bits per heavy atom. The molecule has 0 saturated carbocycles. The van der Waals surface area contributed by atoms with Crippen LogP contribution in [-0.2, 0) is 27.2 Å². The molecule has 3 rings (SSSR count). The Bertz CT molecular complexity index is 1140. The van der Waals surface area contributed by atoms with E-state index in [4.69, 9.17) is 5.73 Å². The number of anilines is 1. The summed E-state index contributed by atoms with van der Waals surface area (Å²) in [4.78, 5) is 37.3. The van der Waals surface area contributed by atoms with Crippen LogP contribution in [0, 0.1) is 0 Å². The lowest BCUT2D eigenvalue weighted by Crippen LogP contribution is -2.45. The lowest BCUT2D eigenvalue weighted by atomic mass is 10.0. The van der Waals surface area contributed by atoms with Crippen molar-refractivity contribution < 1.29 is 4.79 Å². The largest absolute Gasteiger partial charge is 0.384 e. The van der Waals surface area contributed by atoms with Crippen LogP contribution in [0.25, 0.3) is 0 Å². The molecule has 0 bridgehead atoms. The van der Waals surface area contributed by atoms with E-state index in [9.17, 15) is 14.4 Å². The number of nitrogens with one attached hydrogen (secondary N) is 1. The lowest BCUT2D eigenvalue weighted by molar-refractivity contribution is 0.0948. The van der Waals surface area contributed by atoms with Gasteiger partial charge in [0.25, 0.3) is 5.56 Å². The molecule has 1 aromatic carbocycles. The third-order valence-electron chi connectivity index (χ3n) is 4.96. The van der Waals surface area contributed by atoms with Gasteiger partial charge in [-0.3, -0.25) is 23.4 Å². The highest BCUT2D eigenvalue weighted by molar-refractivity contribution is 6.03. The predicted octanol–water partition coefficient (Wildman–Crippen LogP) is 0.272. The topological polar surface area (TPSA) is 117 Å². The van der Waals surface area contributed by atoms with E-state index >= 15 is 0 Å². The molecule has 0 spiro atoms. The predicted molar refractivity (Wildman–Crippen MR) is 110 cm³/mol. The number of nitrogen functional groups attached to an aromatic ring is 1.